The number of hydrogen-bond acceptors (Lipinski definition) is 4. The summed E-state index contributed by atoms with van der Waals surface area (Å²) >= 11 is 0. The summed E-state index contributed by atoms with van der Waals surface area (Å²) in [6.07, 6.45) is -2.88. The van der Waals surface area contributed by atoms with Gasteiger partial charge in [-0.25, -0.2) is 0 Å². The van der Waals surface area contributed by atoms with Crippen LogP contribution in [0, 0.1) is 0 Å². The van der Waals surface area contributed by atoms with Crippen LogP contribution in [0.5, 0.6) is 11.5 Å². The summed E-state index contributed by atoms with van der Waals surface area (Å²) in [5.74, 6) is -0.417. The van der Waals surface area contributed by atoms with Crippen molar-refractivity contribution in [1.29, 1.82) is 0 Å². The number of carbonyl (C=O) groups excluding carboxylic acids is 1. The van der Waals surface area contributed by atoms with Gasteiger partial charge in [0.2, 0.25) is 5.91 Å². The molecule has 0 saturated carbocycles. The van der Waals surface area contributed by atoms with Crippen LogP contribution in [0.15, 0.2) is 36.7 Å². The minimum Gasteiger partial charge on any atom is -0.504 e. The number of fused-ring (bicyclic) bond motifs is 1. The molecule has 0 aliphatic carbocycles. The first-order chi connectivity index (χ1) is 12.3. The van der Waals surface area contributed by atoms with E-state index in [2.05, 4.69) is 4.98 Å². The third-order valence-electron chi connectivity index (χ3n) is 4.08. The van der Waals surface area contributed by atoms with E-state index in [9.17, 15) is 23.1 Å². The van der Waals surface area contributed by atoms with Crippen LogP contribution in [0.2, 0.25) is 0 Å². The van der Waals surface area contributed by atoms with Gasteiger partial charge >= 0.3 is 6.18 Å². The Morgan fingerprint density at radius 2 is 2.12 bits per heavy atom. The zero-order chi connectivity index (χ0) is 18.7. The zero-order valence-electron chi connectivity index (χ0n) is 13.8. The smallest absolute Gasteiger partial charge is 0.389 e. The van der Waals surface area contributed by atoms with E-state index in [4.69, 9.17) is 4.74 Å². The minimum absolute atomic E-state index is 0.0771. The maximum atomic E-state index is 12.4. The molecule has 1 aromatic carbocycles. The number of benzene rings is 1. The van der Waals surface area contributed by atoms with Crippen molar-refractivity contribution in [1.82, 2.24) is 9.88 Å². The van der Waals surface area contributed by atoms with E-state index in [1.54, 1.807) is 24.5 Å². The Labute approximate surface area is 148 Å². The molecule has 0 atom stereocenters. The highest BCUT2D eigenvalue weighted by molar-refractivity contribution is 5.77. The molecule has 5 nitrogen and oxygen atoms in total. The Bertz CT molecular complexity index is 794. The van der Waals surface area contributed by atoms with Crippen molar-refractivity contribution in [3.05, 3.63) is 42.2 Å². The SMILES string of the molecule is O=C(CCC(F)(F)F)N1CCOc2c(O)cc(-c3cccnc3)cc2C1. The second kappa shape index (κ2) is 7.23. The molecule has 2 heterocycles. The van der Waals surface area contributed by atoms with Crippen LogP contribution in [0.4, 0.5) is 13.2 Å². The van der Waals surface area contributed by atoms with Gasteiger partial charge in [0.1, 0.15) is 6.61 Å². The zero-order valence-corrected chi connectivity index (χ0v) is 13.8. The van der Waals surface area contributed by atoms with E-state index in [1.807, 2.05) is 6.07 Å². The predicted octanol–water partition coefficient (Wildman–Crippen LogP) is 3.52. The van der Waals surface area contributed by atoms with E-state index in [-0.39, 0.29) is 31.2 Å². The quantitative estimate of drug-likeness (QED) is 0.903. The van der Waals surface area contributed by atoms with Crippen LogP contribution >= 0.6 is 0 Å². The lowest BCUT2D eigenvalue weighted by molar-refractivity contribution is -0.149. The molecular weight excluding hydrogens is 349 g/mol. The average molecular weight is 366 g/mol. The molecular formula is C18H17F3N2O3. The van der Waals surface area contributed by atoms with Gasteiger partial charge in [-0.2, -0.15) is 13.2 Å². The van der Waals surface area contributed by atoms with E-state index >= 15 is 0 Å². The number of nitrogens with zero attached hydrogens (tertiary/aromatic N) is 2. The molecule has 1 amide bonds. The molecule has 26 heavy (non-hydrogen) atoms. The van der Waals surface area contributed by atoms with Gasteiger partial charge in [0.15, 0.2) is 11.5 Å². The van der Waals surface area contributed by atoms with Gasteiger partial charge in [-0.05, 0) is 23.8 Å². The van der Waals surface area contributed by atoms with Gasteiger partial charge < -0.3 is 14.7 Å². The fourth-order valence-electron chi connectivity index (χ4n) is 2.82. The molecule has 3 rings (SSSR count). The number of rotatable bonds is 3. The molecule has 0 radical (unpaired) electrons. The van der Waals surface area contributed by atoms with Crippen molar-refractivity contribution in [3.63, 3.8) is 0 Å². The fourth-order valence-corrected chi connectivity index (χ4v) is 2.82. The number of amides is 1. The molecule has 0 fully saturated rings. The molecule has 0 bridgehead atoms. The van der Waals surface area contributed by atoms with Crippen molar-refractivity contribution in [2.45, 2.75) is 25.6 Å². The van der Waals surface area contributed by atoms with E-state index in [1.165, 1.54) is 11.0 Å². The van der Waals surface area contributed by atoms with Gasteiger partial charge in [-0.3, -0.25) is 9.78 Å². The highest BCUT2D eigenvalue weighted by atomic mass is 19.4. The number of ether oxygens (including phenoxy) is 1. The van der Waals surface area contributed by atoms with Crippen LogP contribution in [0.1, 0.15) is 18.4 Å². The number of halogens is 3. The van der Waals surface area contributed by atoms with Crippen molar-refractivity contribution in [3.8, 4) is 22.6 Å². The molecule has 0 saturated heterocycles. The molecule has 1 aromatic heterocycles. The second-order valence-electron chi connectivity index (χ2n) is 6.00. The number of aromatic hydroxyl groups is 1. The first kappa shape index (κ1) is 18.0. The van der Waals surface area contributed by atoms with Crippen molar-refractivity contribution in [2.75, 3.05) is 13.2 Å². The summed E-state index contributed by atoms with van der Waals surface area (Å²) < 4.78 is 42.6. The van der Waals surface area contributed by atoms with Crippen LogP contribution in [-0.4, -0.2) is 40.2 Å². The van der Waals surface area contributed by atoms with Crippen molar-refractivity contribution < 1.29 is 27.8 Å². The third kappa shape index (κ3) is 4.25. The number of phenolic OH excluding ortho intramolecular Hbond substituents is 1. The normalized spacial score (nSPS) is 14.3. The van der Waals surface area contributed by atoms with Gasteiger partial charge in [0, 0.05) is 36.5 Å². The van der Waals surface area contributed by atoms with Gasteiger partial charge in [-0.1, -0.05) is 6.07 Å². The topological polar surface area (TPSA) is 62.7 Å². The number of hydrogen-bond donors (Lipinski definition) is 1. The highest BCUT2D eigenvalue weighted by Crippen LogP contribution is 2.37. The molecule has 1 N–H and O–H groups in total. The highest BCUT2D eigenvalue weighted by Gasteiger charge is 2.30. The summed E-state index contributed by atoms with van der Waals surface area (Å²) in [7, 11) is 0. The van der Waals surface area contributed by atoms with E-state index in [0.717, 1.165) is 5.56 Å². The van der Waals surface area contributed by atoms with Crippen LogP contribution in [0.25, 0.3) is 11.1 Å². The van der Waals surface area contributed by atoms with Crippen molar-refractivity contribution >= 4 is 5.91 Å². The lowest BCUT2D eigenvalue weighted by atomic mass is 10.0. The average Bonchev–Trinajstić information content (AvgIpc) is 2.82. The molecule has 1 aliphatic rings. The molecule has 2 aromatic rings. The predicted molar refractivity (Wildman–Crippen MR) is 87.5 cm³/mol. The number of carbonyl (C=O) groups is 1. The molecule has 138 valence electrons. The fraction of sp³-hybridized carbons (Fsp3) is 0.333. The summed E-state index contributed by atoms with van der Waals surface area (Å²) in [5, 5.41) is 10.3. The Balaban J connectivity index is 1.84. The lowest BCUT2D eigenvalue weighted by Crippen LogP contribution is -2.33. The first-order valence-corrected chi connectivity index (χ1v) is 8.07. The second-order valence-corrected chi connectivity index (χ2v) is 6.00. The third-order valence-corrected chi connectivity index (χ3v) is 4.08. The Morgan fingerprint density at radius 1 is 1.31 bits per heavy atom. The number of aromatic nitrogens is 1. The monoisotopic (exact) mass is 366 g/mol. The molecule has 0 unspecified atom stereocenters. The van der Waals surface area contributed by atoms with Crippen LogP contribution in [-0.2, 0) is 11.3 Å². The largest absolute Gasteiger partial charge is 0.504 e. The summed E-state index contributed by atoms with van der Waals surface area (Å²) in [5.41, 5.74) is 1.99. The Kier molecular flexibility index (Phi) is 5.01. The maximum Gasteiger partial charge on any atom is 0.389 e. The van der Waals surface area contributed by atoms with Crippen LogP contribution in [0.3, 0.4) is 0 Å². The number of phenols is 1. The van der Waals surface area contributed by atoms with Gasteiger partial charge in [0.05, 0.1) is 13.0 Å². The molecule has 0 spiro atoms. The minimum atomic E-state index is -4.37. The summed E-state index contributed by atoms with van der Waals surface area (Å²) in [4.78, 5) is 17.5. The Hall–Kier alpha value is -2.77. The molecule has 8 heteroatoms. The lowest BCUT2D eigenvalue weighted by Gasteiger charge is -2.20. The number of pyridine rings is 1. The van der Waals surface area contributed by atoms with E-state index < -0.39 is 24.9 Å². The standard InChI is InChI=1S/C18H17F3N2O3/c19-18(20,21)4-3-16(25)23-6-7-26-17-14(11-23)8-13(9-15(17)24)12-2-1-5-22-10-12/h1-2,5,8-10,24H,3-4,6-7,11H2. The van der Waals surface area contributed by atoms with Crippen molar-refractivity contribution in [2.24, 2.45) is 0 Å². The summed E-state index contributed by atoms with van der Waals surface area (Å²) in [6.45, 7) is 0.339. The molecule has 1 aliphatic heterocycles. The number of alkyl halides is 3. The van der Waals surface area contributed by atoms with E-state index in [0.29, 0.717) is 11.1 Å². The van der Waals surface area contributed by atoms with Gasteiger partial charge in [-0.15, -0.1) is 0 Å². The first-order valence-electron chi connectivity index (χ1n) is 8.07. The summed E-state index contributed by atoms with van der Waals surface area (Å²) in [6, 6.07) is 6.86. The maximum absolute atomic E-state index is 12.4. The Morgan fingerprint density at radius 3 is 2.81 bits per heavy atom. The van der Waals surface area contributed by atoms with Crippen LogP contribution < -0.4 is 4.74 Å². The van der Waals surface area contributed by atoms with Gasteiger partial charge in [0.25, 0.3) is 0 Å².